The van der Waals surface area contributed by atoms with Crippen LogP contribution in [0.15, 0.2) is 54.6 Å². The maximum atomic E-state index is 13.8. The number of nitrogens with two attached hydrogens (primary N) is 1. The molecule has 0 aromatic heterocycles. The van der Waals surface area contributed by atoms with E-state index in [0.29, 0.717) is 37.9 Å². The minimum Gasteiger partial charge on any atom is -0.460 e. The lowest BCUT2D eigenvalue weighted by molar-refractivity contribution is -0.154. The number of unbranched alkanes of at least 4 members (excludes halogenated alkanes) is 2. The number of benzene rings is 2. The van der Waals surface area contributed by atoms with Crippen molar-refractivity contribution in [3.8, 4) is 0 Å². The highest BCUT2D eigenvalue weighted by Crippen LogP contribution is 2.35. The molecule has 0 saturated carbocycles. The number of anilines is 1. The minimum absolute atomic E-state index is 0.0725. The molecule has 300 valence electrons. The van der Waals surface area contributed by atoms with Crippen molar-refractivity contribution in [2.24, 2.45) is 22.5 Å². The Hall–Kier alpha value is -5.27. The normalized spacial score (nSPS) is 15.5. The van der Waals surface area contributed by atoms with E-state index in [2.05, 4.69) is 21.3 Å². The number of urea groups is 1. The molecule has 0 radical (unpaired) electrons. The second kappa shape index (κ2) is 20.4. The number of hydrogen-bond donors (Lipinski definition) is 5. The van der Waals surface area contributed by atoms with Crippen LogP contribution in [0, 0.1) is 16.7 Å². The van der Waals surface area contributed by atoms with Crippen LogP contribution in [0.1, 0.15) is 97.6 Å². The van der Waals surface area contributed by atoms with Crippen LogP contribution in [-0.2, 0) is 46.5 Å². The van der Waals surface area contributed by atoms with E-state index in [0.717, 1.165) is 11.1 Å². The zero-order chi connectivity index (χ0) is 40.8. The van der Waals surface area contributed by atoms with Gasteiger partial charge in [-0.05, 0) is 75.1 Å². The van der Waals surface area contributed by atoms with E-state index < -0.39 is 35.3 Å². The molecule has 14 nitrogen and oxygen atoms in total. The lowest BCUT2D eigenvalue weighted by Crippen LogP contribution is -2.53. The first kappa shape index (κ1) is 44.1. The first-order chi connectivity index (χ1) is 25.8. The molecule has 7 amide bonds. The van der Waals surface area contributed by atoms with Crippen LogP contribution in [0.2, 0.25) is 0 Å². The predicted octanol–water partition coefficient (Wildman–Crippen LogP) is 4.36. The summed E-state index contributed by atoms with van der Waals surface area (Å²) in [4.78, 5) is 90.5. The highest BCUT2D eigenvalue weighted by atomic mass is 16.5. The topological polar surface area (TPSA) is 206 Å². The number of ether oxygens (including phenoxy) is 1. The molecule has 0 spiro atoms. The van der Waals surface area contributed by atoms with Crippen molar-refractivity contribution in [3.05, 3.63) is 65.7 Å². The Morgan fingerprint density at radius 2 is 1.49 bits per heavy atom. The van der Waals surface area contributed by atoms with Gasteiger partial charge in [0.25, 0.3) is 0 Å². The summed E-state index contributed by atoms with van der Waals surface area (Å²) in [7, 11) is 0. The number of hydrogen-bond acceptors (Lipinski definition) is 8. The van der Waals surface area contributed by atoms with Gasteiger partial charge >= 0.3 is 12.0 Å². The summed E-state index contributed by atoms with van der Waals surface area (Å²) in [5, 5.41) is 10.9. The van der Waals surface area contributed by atoms with Crippen molar-refractivity contribution < 1.29 is 38.3 Å². The molecule has 1 saturated heterocycles. The van der Waals surface area contributed by atoms with Gasteiger partial charge in [0.05, 0.1) is 11.3 Å². The lowest BCUT2D eigenvalue weighted by atomic mass is 9.80. The van der Waals surface area contributed by atoms with Gasteiger partial charge in [-0.1, -0.05) is 69.7 Å². The molecule has 1 unspecified atom stereocenters. The molecular formula is C41H58N6O8. The molecule has 1 aliphatic rings. The minimum atomic E-state index is -1.03. The van der Waals surface area contributed by atoms with E-state index in [1.54, 1.807) is 45.0 Å². The van der Waals surface area contributed by atoms with Crippen molar-refractivity contribution in [2.45, 2.75) is 112 Å². The molecule has 14 heteroatoms. The summed E-state index contributed by atoms with van der Waals surface area (Å²) >= 11 is 0. The fourth-order valence-electron chi connectivity index (χ4n) is 5.99. The van der Waals surface area contributed by atoms with Crippen molar-refractivity contribution in [1.29, 1.82) is 0 Å². The highest BCUT2D eigenvalue weighted by molar-refractivity contribution is 6.04. The van der Waals surface area contributed by atoms with Gasteiger partial charge in [-0.3, -0.25) is 33.7 Å². The zero-order valence-electron chi connectivity index (χ0n) is 33.0. The molecule has 55 heavy (non-hydrogen) atoms. The van der Waals surface area contributed by atoms with E-state index in [1.807, 2.05) is 51.1 Å². The van der Waals surface area contributed by atoms with Crippen LogP contribution in [0.5, 0.6) is 0 Å². The summed E-state index contributed by atoms with van der Waals surface area (Å²) in [5.74, 6) is -2.39. The van der Waals surface area contributed by atoms with E-state index >= 15 is 0 Å². The third-order valence-electron chi connectivity index (χ3n) is 9.31. The average molecular weight is 763 g/mol. The van der Waals surface area contributed by atoms with Gasteiger partial charge in [-0.25, -0.2) is 4.79 Å². The average Bonchev–Trinajstić information content (AvgIpc) is 3.41. The highest BCUT2D eigenvalue weighted by Gasteiger charge is 2.44. The fourth-order valence-corrected chi connectivity index (χ4v) is 5.99. The number of likely N-dealkylation sites (tertiary alicyclic amines) is 1. The molecule has 1 heterocycles. The molecular weight excluding hydrogens is 704 g/mol. The summed E-state index contributed by atoms with van der Waals surface area (Å²) < 4.78 is 5.36. The van der Waals surface area contributed by atoms with Crippen LogP contribution >= 0.6 is 0 Å². The van der Waals surface area contributed by atoms with Gasteiger partial charge < -0.3 is 31.7 Å². The SMILES string of the molecule is CC(C)(C)C(=O)OCc1ccc(NC(=O)[C@H](CCCNC(N)=O)NC(=O)[C@@H](Cc2ccccc2)NC(=O)CCCCCN2C(=O)CC(C(C)(C)C)C2=O)cc1. The fraction of sp³-hybridized carbons (Fsp3) is 0.537. The Balaban J connectivity index is 1.63. The lowest BCUT2D eigenvalue weighted by Gasteiger charge is -2.24. The first-order valence-corrected chi connectivity index (χ1v) is 18.9. The van der Waals surface area contributed by atoms with E-state index in [1.165, 1.54) is 4.90 Å². The number of esters is 1. The summed E-state index contributed by atoms with van der Waals surface area (Å²) in [6.07, 6.45) is 2.64. The summed E-state index contributed by atoms with van der Waals surface area (Å²) in [6.45, 7) is 11.7. The number of nitrogens with one attached hydrogen (secondary N) is 4. The Kier molecular flexibility index (Phi) is 16.4. The molecule has 1 fully saturated rings. The predicted molar refractivity (Wildman–Crippen MR) is 208 cm³/mol. The smallest absolute Gasteiger partial charge is 0.312 e. The second-order valence-electron chi connectivity index (χ2n) is 16.1. The van der Waals surface area contributed by atoms with Crippen LogP contribution in [0.3, 0.4) is 0 Å². The number of carbonyl (C=O) groups excluding carboxylic acids is 7. The van der Waals surface area contributed by atoms with Crippen molar-refractivity contribution in [2.75, 3.05) is 18.4 Å². The molecule has 1 aliphatic heterocycles. The van der Waals surface area contributed by atoms with Crippen molar-refractivity contribution >= 4 is 47.2 Å². The van der Waals surface area contributed by atoms with E-state index in [9.17, 15) is 33.6 Å². The van der Waals surface area contributed by atoms with Gasteiger partial charge in [0.1, 0.15) is 18.7 Å². The molecule has 3 rings (SSSR count). The molecule has 2 aromatic carbocycles. The number of nitrogens with zero attached hydrogens (tertiary/aromatic N) is 1. The van der Waals surface area contributed by atoms with Crippen LogP contribution < -0.4 is 27.0 Å². The molecule has 6 N–H and O–H groups in total. The van der Waals surface area contributed by atoms with Crippen LogP contribution in [0.4, 0.5) is 10.5 Å². The van der Waals surface area contributed by atoms with Gasteiger partial charge in [0, 0.05) is 38.0 Å². The molecule has 0 bridgehead atoms. The maximum Gasteiger partial charge on any atom is 0.312 e. The van der Waals surface area contributed by atoms with Gasteiger partial charge in [0.2, 0.25) is 29.5 Å². The van der Waals surface area contributed by atoms with Gasteiger partial charge in [-0.2, -0.15) is 0 Å². The molecule has 0 aliphatic carbocycles. The summed E-state index contributed by atoms with van der Waals surface area (Å²) in [6, 6.07) is 13.2. The van der Waals surface area contributed by atoms with Crippen molar-refractivity contribution in [1.82, 2.24) is 20.9 Å². The standard InChI is InChI=1S/C41H58N6O8/c1-40(2,3)30-25-34(49)47(37(30)52)23-12-8-11-17-33(48)45-32(24-27-14-9-7-10-15-27)36(51)46-31(16-13-22-43-39(42)54)35(50)44-29-20-18-28(19-21-29)26-55-38(53)41(4,5)6/h7,9-10,14-15,18-21,30-32H,8,11-13,16-17,22-26H2,1-6H3,(H,44,50)(H,45,48)(H,46,51)(H3,42,43,54)/t30?,31-,32+/m0/s1. The molecule has 2 aromatic rings. The summed E-state index contributed by atoms with van der Waals surface area (Å²) in [5.41, 5.74) is 6.24. The van der Waals surface area contributed by atoms with Crippen LogP contribution in [-0.4, -0.2) is 71.6 Å². The van der Waals surface area contributed by atoms with E-state index in [4.69, 9.17) is 10.5 Å². The van der Waals surface area contributed by atoms with E-state index in [-0.39, 0.29) is 73.9 Å². The number of rotatable bonds is 19. The number of amides is 7. The van der Waals surface area contributed by atoms with Gasteiger partial charge in [-0.15, -0.1) is 0 Å². The third kappa shape index (κ3) is 14.8. The first-order valence-electron chi connectivity index (χ1n) is 18.9. The number of imide groups is 1. The Bertz CT molecular complexity index is 1650. The quantitative estimate of drug-likeness (QED) is 0.0788. The molecule has 3 atom stereocenters. The van der Waals surface area contributed by atoms with Gasteiger partial charge in [0.15, 0.2) is 0 Å². The monoisotopic (exact) mass is 762 g/mol. The van der Waals surface area contributed by atoms with Crippen molar-refractivity contribution in [3.63, 3.8) is 0 Å². The Morgan fingerprint density at radius 1 is 0.818 bits per heavy atom. The zero-order valence-corrected chi connectivity index (χ0v) is 33.0. The Labute approximate surface area is 324 Å². The second-order valence-corrected chi connectivity index (χ2v) is 16.1. The maximum absolute atomic E-state index is 13.8. The largest absolute Gasteiger partial charge is 0.460 e. The number of carbonyl (C=O) groups is 7. The van der Waals surface area contributed by atoms with Crippen LogP contribution in [0.25, 0.3) is 0 Å². The third-order valence-corrected chi connectivity index (χ3v) is 9.31. The number of primary amides is 1. The Morgan fingerprint density at radius 3 is 2.09 bits per heavy atom.